The van der Waals surface area contributed by atoms with Crippen LogP contribution in [0, 0.1) is 0 Å². The van der Waals surface area contributed by atoms with Crippen LogP contribution >= 0.6 is 11.8 Å². The van der Waals surface area contributed by atoms with Gasteiger partial charge in [-0.3, -0.25) is 19.5 Å². The van der Waals surface area contributed by atoms with E-state index in [-0.39, 0.29) is 28.5 Å². The minimum absolute atomic E-state index is 0.00210. The Morgan fingerprint density at radius 3 is 2.91 bits per heavy atom. The van der Waals surface area contributed by atoms with Gasteiger partial charge in [0.25, 0.3) is 5.91 Å². The number of aromatic amines is 1. The molecule has 8 heteroatoms. The second-order valence-corrected chi connectivity index (χ2v) is 5.64. The smallest absolute Gasteiger partial charge is 0.269 e. The number of nitrogens with one attached hydrogen (secondary N) is 2. The number of Topliss-reactive ketones (excluding diaryl/α,β-unsaturated/α-hetero) is 1. The zero-order chi connectivity index (χ0) is 16.1. The summed E-state index contributed by atoms with van der Waals surface area (Å²) in [5.74, 6) is -0.526. The van der Waals surface area contributed by atoms with Gasteiger partial charge in [0, 0.05) is 32.1 Å². The van der Waals surface area contributed by atoms with Crippen LogP contribution in [0.4, 0.5) is 0 Å². The molecule has 0 saturated heterocycles. The number of H-pyrrole nitrogens is 1. The lowest BCUT2D eigenvalue weighted by molar-refractivity contribution is 0.0945. The highest BCUT2D eigenvalue weighted by molar-refractivity contribution is 8.04. The van der Waals surface area contributed by atoms with Gasteiger partial charge in [0.15, 0.2) is 0 Å². The van der Waals surface area contributed by atoms with Crippen LogP contribution in [0.15, 0.2) is 11.0 Å². The molecule has 0 aliphatic heterocycles. The number of allylic oxidation sites excluding steroid dienone is 2. The normalized spacial score (nSPS) is 13.8. The summed E-state index contributed by atoms with van der Waals surface area (Å²) in [5, 5.41) is 8.67. The molecule has 0 bridgehead atoms. The van der Waals surface area contributed by atoms with E-state index < -0.39 is 5.91 Å². The molecule has 0 aromatic carbocycles. The Morgan fingerprint density at radius 2 is 2.23 bits per heavy atom. The van der Waals surface area contributed by atoms with Crippen LogP contribution in [0.1, 0.15) is 44.7 Å². The molecule has 1 aliphatic rings. The molecule has 118 valence electrons. The number of hydrogen-bond donors (Lipinski definition) is 2. The minimum Gasteiger partial charge on any atom is -0.382 e. The van der Waals surface area contributed by atoms with Crippen molar-refractivity contribution >= 4 is 29.2 Å². The lowest BCUT2D eigenvalue weighted by Crippen LogP contribution is -2.23. The number of ether oxygens (including phenoxy) is 1. The van der Waals surface area contributed by atoms with Crippen molar-refractivity contribution in [3.05, 3.63) is 27.9 Å². The molecule has 1 aliphatic carbocycles. The van der Waals surface area contributed by atoms with E-state index in [1.807, 2.05) is 6.92 Å². The van der Waals surface area contributed by atoms with Crippen LogP contribution < -0.4 is 5.32 Å². The Balaban J connectivity index is 2.13. The number of fused-ring (bicyclic) bond motifs is 1. The van der Waals surface area contributed by atoms with Gasteiger partial charge in [0.2, 0.25) is 11.6 Å². The van der Waals surface area contributed by atoms with Crippen LogP contribution in [0.3, 0.4) is 0 Å². The third kappa shape index (κ3) is 3.28. The van der Waals surface area contributed by atoms with Crippen LogP contribution in [0.2, 0.25) is 0 Å². The van der Waals surface area contributed by atoms with E-state index in [4.69, 9.17) is 4.74 Å². The summed E-state index contributed by atoms with van der Waals surface area (Å²) in [7, 11) is 1.45. The molecule has 0 atom stereocenters. The topological polar surface area (TPSA) is 101 Å². The zero-order valence-corrected chi connectivity index (χ0v) is 13.2. The first-order valence-corrected chi connectivity index (χ1v) is 7.90. The summed E-state index contributed by atoms with van der Waals surface area (Å²) in [5.41, 5.74) is 0.0813. The first kappa shape index (κ1) is 16.4. The third-order valence-electron chi connectivity index (χ3n) is 3.06. The Bertz CT molecular complexity index is 636. The summed E-state index contributed by atoms with van der Waals surface area (Å²) >= 11 is 1.29. The number of carbonyl (C=O) groups excluding carboxylic acids is 3. The van der Waals surface area contributed by atoms with E-state index in [1.54, 1.807) is 0 Å². The van der Waals surface area contributed by atoms with Crippen molar-refractivity contribution in [3.8, 4) is 0 Å². The summed E-state index contributed by atoms with van der Waals surface area (Å²) < 4.78 is 5.23. The van der Waals surface area contributed by atoms with E-state index in [1.165, 1.54) is 24.9 Å². The maximum atomic E-state index is 12.5. The molecular formula is C14H17N3O4S. The number of aromatic nitrogens is 2. The molecule has 7 nitrogen and oxygen atoms in total. The van der Waals surface area contributed by atoms with E-state index in [2.05, 4.69) is 15.5 Å². The average molecular weight is 323 g/mol. The van der Waals surface area contributed by atoms with Crippen molar-refractivity contribution in [3.63, 3.8) is 0 Å². The van der Waals surface area contributed by atoms with Gasteiger partial charge in [-0.25, -0.2) is 0 Å². The largest absolute Gasteiger partial charge is 0.382 e. The standard InChI is InChI=1S/C14H17N3O4S/c1-3-21-5-4-6-22-9-7-8(18)11-10(13(9)19)12(17-16-11)14(20)15-2/h7H,3-6H2,1-2H3,(H,15,20)(H,16,17). The number of ketones is 2. The highest BCUT2D eigenvalue weighted by atomic mass is 32.2. The molecule has 1 aromatic rings. The Kier molecular flexibility index (Phi) is 5.51. The van der Waals surface area contributed by atoms with E-state index in [0.717, 1.165) is 6.42 Å². The second kappa shape index (κ2) is 7.37. The van der Waals surface area contributed by atoms with Crippen molar-refractivity contribution in [1.82, 2.24) is 15.5 Å². The van der Waals surface area contributed by atoms with Crippen molar-refractivity contribution in [2.75, 3.05) is 26.0 Å². The molecule has 0 saturated carbocycles. The Morgan fingerprint density at radius 1 is 1.45 bits per heavy atom. The highest BCUT2D eigenvalue weighted by Gasteiger charge is 2.33. The molecule has 1 heterocycles. The fraction of sp³-hybridized carbons (Fsp3) is 0.429. The lowest BCUT2D eigenvalue weighted by atomic mass is 9.99. The van der Waals surface area contributed by atoms with Gasteiger partial charge >= 0.3 is 0 Å². The molecule has 0 fully saturated rings. The fourth-order valence-electron chi connectivity index (χ4n) is 2.00. The van der Waals surface area contributed by atoms with Crippen molar-refractivity contribution in [1.29, 1.82) is 0 Å². The summed E-state index contributed by atoms with van der Waals surface area (Å²) in [6, 6.07) is 0. The SMILES string of the molecule is CCOCCCSC1=CC(=O)c2n[nH]c(C(=O)NC)c2C1=O. The zero-order valence-electron chi connectivity index (χ0n) is 12.4. The minimum atomic E-state index is -0.475. The molecule has 0 radical (unpaired) electrons. The maximum Gasteiger partial charge on any atom is 0.269 e. The van der Waals surface area contributed by atoms with Crippen LogP contribution in [0.5, 0.6) is 0 Å². The van der Waals surface area contributed by atoms with Crippen LogP contribution in [-0.4, -0.2) is 53.7 Å². The maximum absolute atomic E-state index is 12.5. The van der Waals surface area contributed by atoms with Gasteiger partial charge in [-0.15, -0.1) is 11.8 Å². The first-order valence-electron chi connectivity index (χ1n) is 6.91. The van der Waals surface area contributed by atoms with Crippen molar-refractivity contribution in [2.24, 2.45) is 0 Å². The monoisotopic (exact) mass is 323 g/mol. The lowest BCUT2D eigenvalue weighted by Gasteiger charge is -2.11. The van der Waals surface area contributed by atoms with Gasteiger partial charge in [0.1, 0.15) is 11.4 Å². The molecule has 1 aromatic heterocycles. The Hall–Kier alpha value is -1.93. The summed E-state index contributed by atoms with van der Waals surface area (Å²) in [6.07, 6.45) is 2.06. The first-order chi connectivity index (χ1) is 10.6. The van der Waals surface area contributed by atoms with E-state index in [0.29, 0.717) is 23.9 Å². The number of hydrogen-bond acceptors (Lipinski definition) is 6. The molecule has 22 heavy (non-hydrogen) atoms. The number of amides is 1. The fourth-order valence-corrected chi connectivity index (χ4v) is 2.91. The van der Waals surface area contributed by atoms with E-state index in [9.17, 15) is 14.4 Å². The van der Waals surface area contributed by atoms with Gasteiger partial charge in [-0.05, 0) is 13.3 Å². The Labute approximate surface area is 131 Å². The predicted molar refractivity (Wildman–Crippen MR) is 82.3 cm³/mol. The molecule has 2 rings (SSSR count). The second-order valence-electron chi connectivity index (χ2n) is 4.50. The number of rotatable bonds is 7. The number of nitrogens with zero attached hydrogens (tertiary/aromatic N) is 1. The molecule has 1 amide bonds. The molecular weight excluding hydrogens is 306 g/mol. The summed E-state index contributed by atoms with van der Waals surface area (Å²) in [6.45, 7) is 3.18. The van der Waals surface area contributed by atoms with Crippen LogP contribution in [-0.2, 0) is 4.74 Å². The quantitative estimate of drug-likeness (QED) is 0.731. The van der Waals surface area contributed by atoms with Crippen LogP contribution in [0.25, 0.3) is 0 Å². The van der Waals surface area contributed by atoms with Crippen molar-refractivity contribution in [2.45, 2.75) is 13.3 Å². The number of carbonyl (C=O) groups is 3. The van der Waals surface area contributed by atoms with E-state index >= 15 is 0 Å². The predicted octanol–water partition coefficient (Wildman–Crippen LogP) is 1.19. The average Bonchev–Trinajstić information content (AvgIpc) is 2.96. The van der Waals surface area contributed by atoms with Gasteiger partial charge in [-0.2, -0.15) is 5.10 Å². The molecule has 0 unspecified atom stereocenters. The van der Waals surface area contributed by atoms with Gasteiger partial charge in [0.05, 0.1) is 10.5 Å². The molecule has 0 spiro atoms. The molecule has 2 N–H and O–H groups in total. The third-order valence-corrected chi connectivity index (χ3v) is 4.17. The van der Waals surface area contributed by atoms with Crippen molar-refractivity contribution < 1.29 is 19.1 Å². The summed E-state index contributed by atoms with van der Waals surface area (Å²) in [4.78, 5) is 36.6. The highest BCUT2D eigenvalue weighted by Crippen LogP contribution is 2.29. The van der Waals surface area contributed by atoms with Gasteiger partial charge < -0.3 is 10.1 Å². The number of thioether (sulfide) groups is 1. The van der Waals surface area contributed by atoms with Gasteiger partial charge in [-0.1, -0.05) is 0 Å².